The maximum atomic E-state index is 11.9. The second kappa shape index (κ2) is 6.74. The van der Waals surface area contributed by atoms with Gasteiger partial charge in [-0.1, -0.05) is 25.2 Å². The molecule has 0 aliphatic carbocycles. The first-order valence-corrected chi connectivity index (χ1v) is 7.60. The molecule has 0 unspecified atom stereocenters. The Labute approximate surface area is 132 Å². The van der Waals surface area contributed by atoms with E-state index in [4.69, 9.17) is 9.47 Å². The molecule has 0 radical (unpaired) electrons. The lowest BCUT2D eigenvalue weighted by atomic mass is 10.2. The third-order valence-electron chi connectivity index (χ3n) is 3.10. The van der Waals surface area contributed by atoms with Gasteiger partial charge >= 0.3 is 5.97 Å². The molecule has 0 spiro atoms. The van der Waals surface area contributed by atoms with Gasteiger partial charge in [0.05, 0.1) is 24.4 Å². The Bertz CT molecular complexity index is 773. The van der Waals surface area contributed by atoms with Gasteiger partial charge in [-0.05, 0) is 18.2 Å². The van der Waals surface area contributed by atoms with Crippen molar-refractivity contribution >= 4 is 33.4 Å². The van der Waals surface area contributed by atoms with Gasteiger partial charge in [-0.15, -0.1) is 0 Å². The molecule has 22 heavy (non-hydrogen) atoms. The summed E-state index contributed by atoms with van der Waals surface area (Å²) in [4.78, 5) is 28.1. The van der Waals surface area contributed by atoms with Crippen LogP contribution >= 0.6 is 11.3 Å². The number of aromatic nitrogens is 1. The summed E-state index contributed by atoms with van der Waals surface area (Å²) < 4.78 is 12.5. The van der Waals surface area contributed by atoms with E-state index in [0.29, 0.717) is 10.6 Å². The molecule has 118 valence electrons. The largest absolute Gasteiger partial charge is 0.497 e. The molecule has 0 N–H and O–H groups in total. The van der Waals surface area contributed by atoms with Crippen LogP contribution in [-0.2, 0) is 20.9 Å². The monoisotopic (exact) mass is 322 g/mol. The summed E-state index contributed by atoms with van der Waals surface area (Å²) in [6.45, 7) is 3.58. The second-order valence-corrected chi connectivity index (χ2v) is 5.99. The molecular formula is C15H18N2O4S. The predicted molar refractivity (Wildman–Crippen MR) is 83.8 cm³/mol. The first-order valence-electron chi connectivity index (χ1n) is 6.79. The lowest BCUT2D eigenvalue weighted by Crippen LogP contribution is -2.23. The molecule has 2 rings (SSSR count). The van der Waals surface area contributed by atoms with Gasteiger partial charge in [0, 0.05) is 5.92 Å². The SMILES string of the molecule is COC(=O)Cn1c(=NC(=O)C(C)C)sc2cc(OC)ccc21. The zero-order valence-corrected chi connectivity index (χ0v) is 13.8. The maximum Gasteiger partial charge on any atom is 0.325 e. The Kier molecular flexibility index (Phi) is 4.97. The van der Waals surface area contributed by atoms with Crippen molar-refractivity contribution < 1.29 is 19.1 Å². The third-order valence-corrected chi connectivity index (χ3v) is 4.15. The molecule has 0 aliphatic heterocycles. The van der Waals surface area contributed by atoms with Gasteiger partial charge in [0.1, 0.15) is 12.3 Å². The Morgan fingerprint density at radius 3 is 2.64 bits per heavy atom. The first-order chi connectivity index (χ1) is 10.5. The summed E-state index contributed by atoms with van der Waals surface area (Å²) in [6.07, 6.45) is 0. The van der Waals surface area contributed by atoms with Crippen molar-refractivity contribution in [2.24, 2.45) is 10.9 Å². The van der Waals surface area contributed by atoms with E-state index in [2.05, 4.69) is 4.99 Å². The predicted octanol–water partition coefficient (Wildman–Crippen LogP) is 1.97. The van der Waals surface area contributed by atoms with Gasteiger partial charge in [0.15, 0.2) is 4.80 Å². The van der Waals surface area contributed by atoms with Crippen LogP contribution in [0.4, 0.5) is 0 Å². The highest BCUT2D eigenvalue weighted by molar-refractivity contribution is 7.16. The van der Waals surface area contributed by atoms with Crippen LogP contribution in [0.25, 0.3) is 10.2 Å². The molecular weight excluding hydrogens is 304 g/mol. The molecule has 1 aromatic heterocycles. The molecule has 0 fully saturated rings. The van der Waals surface area contributed by atoms with Crippen LogP contribution in [0.1, 0.15) is 13.8 Å². The topological polar surface area (TPSA) is 69.9 Å². The molecule has 2 aromatic rings. The lowest BCUT2D eigenvalue weighted by molar-refractivity contribution is -0.141. The molecule has 0 bridgehead atoms. The van der Waals surface area contributed by atoms with Gasteiger partial charge in [-0.3, -0.25) is 9.59 Å². The fourth-order valence-corrected chi connectivity index (χ4v) is 2.90. The lowest BCUT2D eigenvalue weighted by Gasteiger charge is -2.04. The van der Waals surface area contributed by atoms with E-state index in [1.54, 1.807) is 31.6 Å². The number of esters is 1. The van der Waals surface area contributed by atoms with Crippen molar-refractivity contribution in [1.29, 1.82) is 0 Å². The van der Waals surface area contributed by atoms with Crippen LogP contribution in [0.15, 0.2) is 23.2 Å². The molecule has 0 aliphatic rings. The second-order valence-electron chi connectivity index (χ2n) is 4.99. The Morgan fingerprint density at radius 2 is 2.05 bits per heavy atom. The summed E-state index contributed by atoms with van der Waals surface area (Å²) >= 11 is 1.34. The van der Waals surface area contributed by atoms with Gasteiger partial charge in [0.25, 0.3) is 5.91 Å². The van der Waals surface area contributed by atoms with Crippen LogP contribution in [0.2, 0.25) is 0 Å². The zero-order chi connectivity index (χ0) is 16.3. The Balaban J connectivity index is 2.64. The average Bonchev–Trinajstić information content (AvgIpc) is 2.83. The number of nitrogens with zero attached hydrogens (tertiary/aromatic N) is 2. The average molecular weight is 322 g/mol. The van der Waals surface area contributed by atoms with Crippen molar-refractivity contribution in [3.8, 4) is 5.75 Å². The standard InChI is InChI=1S/C15H18N2O4S/c1-9(2)14(19)16-15-17(8-13(18)21-4)11-6-5-10(20-3)7-12(11)22-15/h5-7,9H,8H2,1-4H3. The number of thiazole rings is 1. The summed E-state index contributed by atoms with van der Waals surface area (Å²) in [5, 5.41) is 0. The molecule has 1 heterocycles. The number of carbonyl (C=O) groups excluding carboxylic acids is 2. The number of benzene rings is 1. The van der Waals surface area contributed by atoms with Crippen LogP contribution < -0.4 is 9.54 Å². The highest BCUT2D eigenvalue weighted by atomic mass is 32.1. The van der Waals surface area contributed by atoms with Crippen molar-refractivity contribution in [3.63, 3.8) is 0 Å². The summed E-state index contributed by atoms with van der Waals surface area (Å²) in [7, 11) is 2.92. The zero-order valence-electron chi connectivity index (χ0n) is 13.0. The van der Waals surface area contributed by atoms with Gasteiger partial charge in [-0.2, -0.15) is 4.99 Å². The number of methoxy groups -OCH3 is 2. The molecule has 1 amide bonds. The maximum absolute atomic E-state index is 11.9. The molecule has 0 saturated carbocycles. The molecule has 6 nitrogen and oxygen atoms in total. The normalized spacial score (nSPS) is 12.0. The number of rotatable bonds is 4. The van der Waals surface area contributed by atoms with Gasteiger partial charge < -0.3 is 14.0 Å². The van der Waals surface area contributed by atoms with Crippen LogP contribution in [-0.4, -0.2) is 30.7 Å². The van der Waals surface area contributed by atoms with E-state index >= 15 is 0 Å². The van der Waals surface area contributed by atoms with Crippen molar-refractivity contribution in [2.75, 3.05) is 14.2 Å². The number of amides is 1. The smallest absolute Gasteiger partial charge is 0.325 e. The molecule has 7 heteroatoms. The van der Waals surface area contributed by atoms with E-state index < -0.39 is 5.97 Å². The summed E-state index contributed by atoms with van der Waals surface area (Å²) in [5.74, 6) is -0.113. The molecule has 1 aromatic carbocycles. The fourth-order valence-electron chi connectivity index (χ4n) is 1.84. The number of hydrogen-bond donors (Lipinski definition) is 0. The van der Waals surface area contributed by atoms with E-state index in [1.807, 2.05) is 12.1 Å². The highest BCUT2D eigenvalue weighted by Gasteiger charge is 2.13. The summed E-state index contributed by atoms with van der Waals surface area (Å²) in [6, 6.07) is 5.50. The number of hydrogen-bond acceptors (Lipinski definition) is 5. The number of ether oxygens (including phenoxy) is 2. The minimum atomic E-state index is -0.394. The number of fused-ring (bicyclic) bond motifs is 1. The Morgan fingerprint density at radius 1 is 1.32 bits per heavy atom. The van der Waals surface area contributed by atoms with Crippen molar-refractivity contribution in [1.82, 2.24) is 4.57 Å². The first kappa shape index (κ1) is 16.2. The summed E-state index contributed by atoms with van der Waals surface area (Å²) in [5.41, 5.74) is 0.812. The highest BCUT2D eigenvalue weighted by Crippen LogP contribution is 2.23. The third kappa shape index (κ3) is 3.36. The van der Waals surface area contributed by atoms with Crippen LogP contribution in [0.3, 0.4) is 0 Å². The minimum absolute atomic E-state index is 0.00698. The van der Waals surface area contributed by atoms with E-state index in [-0.39, 0.29) is 18.4 Å². The van der Waals surface area contributed by atoms with Crippen molar-refractivity contribution in [2.45, 2.75) is 20.4 Å². The number of carbonyl (C=O) groups is 2. The molecule has 0 saturated heterocycles. The molecule has 0 atom stereocenters. The van der Waals surface area contributed by atoms with Crippen molar-refractivity contribution in [3.05, 3.63) is 23.0 Å². The fraction of sp³-hybridized carbons (Fsp3) is 0.400. The van der Waals surface area contributed by atoms with E-state index in [1.165, 1.54) is 18.4 Å². The minimum Gasteiger partial charge on any atom is -0.497 e. The quantitative estimate of drug-likeness (QED) is 0.807. The van der Waals surface area contributed by atoms with E-state index in [9.17, 15) is 9.59 Å². The van der Waals surface area contributed by atoms with Crippen LogP contribution in [0.5, 0.6) is 5.75 Å². The Hall–Kier alpha value is -2.15. The van der Waals surface area contributed by atoms with E-state index in [0.717, 1.165) is 10.2 Å². The van der Waals surface area contributed by atoms with Gasteiger partial charge in [-0.25, -0.2) is 0 Å². The van der Waals surface area contributed by atoms with Gasteiger partial charge in [0.2, 0.25) is 0 Å². The van der Waals surface area contributed by atoms with Crippen LogP contribution in [0, 0.1) is 5.92 Å².